The molecule has 8 nitrogen and oxygen atoms in total. The number of imidazole rings is 1. The summed E-state index contributed by atoms with van der Waals surface area (Å²) < 4.78 is 13.3. The number of pyridine rings is 1. The largest absolute Gasteiger partial charge is 0.454 e. The first kappa shape index (κ1) is 21.6. The fourth-order valence-corrected chi connectivity index (χ4v) is 4.60. The van der Waals surface area contributed by atoms with Gasteiger partial charge in [0.25, 0.3) is 0 Å². The maximum Gasteiger partial charge on any atom is 0.231 e. The van der Waals surface area contributed by atoms with Crippen LogP contribution < -0.4 is 25.8 Å². The highest BCUT2D eigenvalue weighted by Gasteiger charge is 2.21. The Morgan fingerprint density at radius 3 is 2.68 bits per heavy atom. The molecule has 0 spiro atoms. The lowest BCUT2D eigenvalue weighted by Crippen LogP contribution is -2.29. The summed E-state index contributed by atoms with van der Waals surface area (Å²) in [6.45, 7) is 11.5. The highest BCUT2D eigenvalue weighted by molar-refractivity contribution is 7.99. The van der Waals surface area contributed by atoms with Crippen molar-refractivity contribution in [3.05, 3.63) is 23.9 Å². The highest BCUT2D eigenvalue weighted by atomic mass is 32.2. The Balaban J connectivity index is 1.70. The van der Waals surface area contributed by atoms with Crippen molar-refractivity contribution < 1.29 is 9.47 Å². The first-order valence-electron chi connectivity index (χ1n) is 10.4. The summed E-state index contributed by atoms with van der Waals surface area (Å²) in [4.78, 5) is 10.2. The van der Waals surface area contributed by atoms with Crippen molar-refractivity contribution in [1.29, 1.82) is 0 Å². The van der Waals surface area contributed by atoms with E-state index in [0.717, 1.165) is 63.5 Å². The third-order valence-electron chi connectivity index (χ3n) is 5.06. The molecule has 4 N–H and O–H groups in total. The Hall–Kier alpha value is -2.65. The topological polar surface area (TPSA) is 99.2 Å². The standard InChI is InChI=1S/C22H30N6O2S/c1-13-10-26-20(23)18-19(13)28(7-6-25-11-22(2,3)4)21(27-18)31-17-9-16-15(29-12-30-16)8-14(17)24-5/h8-10,24-25H,6-7,11-12H2,1-5H3,(H2,23,26). The van der Waals surface area contributed by atoms with Gasteiger partial charge in [-0.2, -0.15) is 0 Å². The number of rotatable bonds is 7. The Kier molecular flexibility index (Phi) is 5.90. The lowest BCUT2D eigenvalue weighted by Gasteiger charge is -2.19. The Morgan fingerprint density at radius 2 is 1.97 bits per heavy atom. The van der Waals surface area contributed by atoms with Gasteiger partial charge in [0.1, 0.15) is 5.52 Å². The molecule has 9 heteroatoms. The van der Waals surface area contributed by atoms with Crippen molar-refractivity contribution >= 4 is 34.3 Å². The van der Waals surface area contributed by atoms with E-state index in [1.807, 2.05) is 32.3 Å². The number of nitrogens with two attached hydrogens (primary N) is 1. The summed E-state index contributed by atoms with van der Waals surface area (Å²) in [5.41, 5.74) is 10.2. The number of aromatic nitrogens is 3. The maximum absolute atomic E-state index is 6.18. The Labute approximate surface area is 186 Å². The van der Waals surface area contributed by atoms with Crippen LogP contribution in [0.3, 0.4) is 0 Å². The SMILES string of the molecule is CNc1cc2c(cc1Sc1nc3c(N)ncc(C)c3n1CCNCC(C)(C)C)OCO2. The van der Waals surface area contributed by atoms with Gasteiger partial charge in [0.2, 0.25) is 6.79 Å². The van der Waals surface area contributed by atoms with Crippen molar-refractivity contribution in [2.24, 2.45) is 5.41 Å². The zero-order valence-corrected chi connectivity index (χ0v) is 19.5. The van der Waals surface area contributed by atoms with Crippen molar-refractivity contribution in [2.75, 3.05) is 38.0 Å². The van der Waals surface area contributed by atoms with Crippen molar-refractivity contribution in [1.82, 2.24) is 19.9 Å². The molecule has 0 radical (unpaired) electrons. The van der Waals surface area contributed by atoms with E-state index in [1.165, 1.54) is 0 Å². The minimum Gasteiger partial charge on any atom is -0.454 e. The quantitative estimate of drug-likeness (QED) is 0.474. The second kappa shape index (κ2) is 8.47. The van der Waals surface area contributed by atoms with E-state index in [1.54, 1.807) is 11.8 Å². The van der Waals surface area contributed by atoms with Crippen LogP contribution in [0, 0.1) is 12.3 Å². The molecular weight excluding hydrogens is 412 g/mol. The molecule has 0 aliphatic carbocycles. The predicted octanol–water partition coefficient (Wildman–Crippen LogP) is 3.88. The third kappa shape index (κ3) is 4.52. The van der Waals surface area contributed by atoms with E-state index in [0.29, 0.717) is 5.82 Å². The molecule has 0 unspecified atom stereocenters. The van der Waals surface area contributed by atoms with Gasteiger partial charge in [0.05, 0.1) is 11.2 Å². The summed E-state index contributed by atoms with van der Waals surface area (Å²) >= 11 is 1.58. The zero-order valence-electron chi connectivity index (χ0n) is 18.7. The molecule has 166 valence electrons. The smallest absolute Gasteiger partial charge is 0.231 e. The van der Waals surface area contributed by atoms with Crippen LogP contribution in [0.2, 0.25) is 0 Å². The molecule has 0 bridgehead atoms. The maximum atomic E-state index is 6.18. The Bertz CT molecular complexity index is 1110. The van der Waals surface area contributed by atoms with Crippen molar-refractivity contribution in [2.45, 2.75) is 44.3 Å². The van der Waals surface area contributed by atoms with Crippen LogP contribution in [0.5, 0.6) is 11.5 Å². The summed E-state index contributed by atoms with van der Waals surface area (Å²) in [7, 11) is 1.90. The predicted molar refractivity (Wildman–Crippen MR) is 125 cm³/mol. The summed E-state index contributed by atoms with van der Waals surface area (Å²) in [5.74, 6) is 1.94. The molecule has 0 saturated heterocycles. The molecule has 1 aromatic carbocycles. The highest BCUT2D eigenvalue weighted by Crippen LogP contribution is 2.43. The van der Waals surface area contributed by atoms with E-state index in [-0.39, 0.29) is 12.2 Å². The summed E-state index contributed by atoms with van der Waals surface area (Å²) in [5, 5.41) is 7.67. The van der Waals surface area contributed by atoms with Crippen molar-refractivity contribution in [3.8, 4) is 11.5 Å². The second-order valence-electron chi connectivity index (χ2n) is 8.86. The third-order valence-corrected chi connectivity index (χ3v) is 6.11. The minimum absolute atomic E-state index is 0.229. The number of fused-ring (bicyclic) bond motifs is 2. The zero-order chi connectivity index (χ0) is 22.2. The van der Waals surface area contributed by atoms with Crippen LogP contribution in [0.25, 0.3) is 11.0 Å². The number of hydrogen-bond acceptors (Lipinski definition) is 8. The molecule has 2 aromatic heterocycles. The molecule has 0 saturated carbocycles. The van der Waals surface area contributed by atoms with E-state index < -0.39 is 0 Å². The molecule has 31 heavy (non-hydrogen) atoms. The molecular formula is C22H30N6O2S. The van der Waals surface area contributed by atoms with E-state index >= 15 is 0 Å². The van der Waals surface area contributed by atoms with Gasteiger partial charge in [0, 0.05) is 49.9 Å². The molecule has 4 rings (SSSR count). The van der Waals surface area contributed by atoms with E-state index in [4.69, 9.17) is 20.2 Å². The monoisotopic (exact) mass is 442 g/mol. The van der Waals surface area contributed by atoms with Gasteiger partial charge in [-0.3, -0.25) is 0 Å². The normalized spacial score (nSPS) is 13.2. The lowest BCUT2D eigenvalue weighted by molar-refractivity contribution is 0.174. The number of anilines is 2. The average Bonchev–Trinajstić information content (AvgIpc) is 3.31. The van der Waals surface area contributed by atoms with Gasteiger partial charge in [-0.15, -0.1) is 0 Å². The van der Waals surface area contributed by atoms with Crippen LogP contribution >= 0.6 is 11.8 Å². The number of benzene rings is 1. The van der Waals surface area contributed by atoms with Crippen LogP contribution in [0.15, 0.2) is 28.4 Å². The van der Waals surface area contributed by atoms with Crippen LogP contribution in [-0.4, -0.2) is 41.5 Å². The number of aryl methyl sites for hydroxylation is 1. The van der Waals surface area contributed by atoms with Gasteiger partial charge < -0.3 is 30.4 Å². The first-order chi connectivity index (χ1) is 14.8. The van der Waals surface area contributed by atoms with Crippen LogP contribution in [-0.2, 0) is 6.54 Å². The number of nitrogens with zero attached hydrogens (tertiary/aromatic N) is 3. The summed E-state index contributed by atoms with van der Waals surface area (Å²) in [6.07, 6.45) is 1.81. The fraction of sp³-hybridized carbons (Fsp3) is 0.455. The van der Waals surface area contributed by atoms with Crippen LogP contribution in [0.4, 0.5) is 11.5 Å². The average molecular weight is 443 g/mol. The number of hydrogen-bond donors (Lipinski definition) is 3. The summed E-state index contributed by atoms with van der Waals surface area (Å²) in [6, 6.07) is 3.96. The minimum atomic E-state index is 0.229. The molecule has 0 atom stereocenters. The van der Waals surface area contributed by atoms with Gasteiger partial charge in [-0.25, -0.2) is 9.97 Å². The molecule has 1 aliphatic heterocycles. The van der Waals surface area contributed by atoms with Gasteiger partial charge >= 0.3 is 0 Å². The van der Waals surface area contributed by atoms with Gasteiger partial charge in [0.15, 0.2) is 22.5 Å². The second-order valence-corrected chi connectivity index (χ2v) is 9.87. The number of ether oxygens (including phenoxy) is 2. The molecule has 0 fully saturated rings. The van der Waals surface area contributed by atoms with Crippen molar-refractivity contribution in [3.63, 3.8) is 0 Å². The first-order valence-corrected chi connectivity index (χ1v) is 11.2. The van der Waals surface area contributed by atoms with Gasteiger partial charge in [-0.05, 0) is 29.7 Å². The fourth-order valence-electron chi connectivity index (χ4n) is 3.54. The van der Waals surface area contributed by atoms with Crippen LogP contribution in [0.1, 0.15) is 26.3 Å². The molecule has 3 heterocycles. The number of nitrogens with one attached hydrogen (secondary N) is 2. The van der Waals surface area contributed by atoms with Gasteiger partial charge in [-0.1, -0.05) is 20.8 Å². The number of nitrogen functional groups attached to an aromatic ring is 1. The molecule has 3 aromatic rings. The Morgan fingerprint density at radius 1 is 1.23 bits per heavy atom. The lowest BCUT2D eigenvalue weighted by atomic mass is 9.97. The van der Waals surface area contributed by atoms with E-state index in [9.17, 15) is 0 Å². The molecule has 1 aliphatic rings. The van der Waals surface area contributed by atoms with E-state index in [2.05, 4.69) is 41.0 Å². The molecule has 0 amide bonds.